The van der Waals surface area contributed by atoms with E-state index < -0.39 is 0 Å². The van der Waals surface area contributed by atoms with Gasteiger partial charge in [0.05, 0.1) is 0 Å². The van der Waals surface area contributed by atoms with Crippen LogP contribution in [0.15, 0.2) is 23.2 Å². The first-order chi connectivity index (χ1) is 3.77. The highest BCUT2D eigenvalue weighted by Crippen LogP contribution is 1.83. The number of hydrogen-bond acceptors (Lipinski definition) is 1. The number of allylic oxidation sites excluding steroid dienone is 3. The Balaban J connectivity index is 3.50. The van der Waals surface area contributed by atoms with Crippen molar-refractivity contribution in [2.45, 2.75) is 6.92 Å². The minimum Gasteiger partial charge on any atom is -0.306 e. The van der Waals surface area contributed by atoms with Crippen LogP contribution in [-0.4, -0.2) is 5.71 Å². The van der Waals surface area contributed by atoms with Gasteiger partial charge in [-0.3, -0.25) is 0 Å². The Kier molecular flexibility index (Phi) is 4.56. The van der Waals surface area contributed by atoms with Crippen LogP contribution in [0.5, 0.6) is 0 Å². The summed E-state index contributed by atoms with van der Waals surface area (Å²) in [4.78, 5) is 1.74. The van der Waals surface area contributed by atoms with Gasteiger partial charge in [-0.05, 0) is 18.0 Å². The molecule has 0 radical (unpaired) electrons. The van der Waals surface area contributed by atoms with Gasteiger partial charge in [-0.2, -0.15) is 0 Å². The van der Waals surface area contributed by atoms with Crippen molar-refractivity contribution in [2.75, 3.05) is 0 Å². The lowest BCUT2D eigenvalue weighted by atomic mass is 10.4. The molecule has 8 heavy (non-hydrogen) atoms. The standard InChI is InChI=1S/C6H8BrN/c1-6(8)4-2-3-5-7/h2-5,8H,1H3/b4-2-,5-3+,8-6?. The van der Waals surface area contributed by atoms with Gasteiger partial charge in [0, 0.05) is 5.71 Å². The summed E-state index contributed by atoms with van der Waals surface area (Å²) in [5.74, 6) is 0. The zero-order chi connectivity index (χ0) is 6.41. The molecule has 0 aromatic carbocycles. The van der Waals surface area contributed by atoms with Crippen molar-refractivity contribution in [3.8, 4) is 0 Å². The summed E-state index contributed by atoms with van der Waals surface area (Å²) in [5.41, 5.74) is 0.565. The van der Waals surface area contributed by atoms with E-state index in [1.807, 2.05) is 6.08 Å². The van der Waals surface area contributed by atoms with Crippen LogP contribution in [0, 0.1) is 5.41 Å². The molecule has 0 atom stereocenters. The number of rotatable bonds is 2. The monoisotopic (exact) mass is 173 g/mol. The van der Waals surface area contributed by atoms with Crippen LogP contribution >= 0.6 is 15.9 Å². The third-order valence-corrected chi connectivity index (χ3v) is 0.835. The molecule has 0 aliphatic heterocycles. The first kappa shape index (κ1) is 7.63. The van der Waals surface area contributed by atoms with E-state index in [-0.39, 0.29) is 0 Å². The van der Waals surface area contributed by atoms with E-state index in [9.17, 15) is 0 Å². The highest BCUT2D eigenvalue weighted by molar-refractivity contribution is 9.11. The van der Waals surface area contributed by atoms with Crippen molar-refractivity contribution in [3.63, 3.8) is 0 Å². The van der Waals surface area contributed by atoms with Crippen molar-refractivity contribution in [3.05, 3.63) is 23.2 Å². The van der Waals surface area contributed by atoms with Crippen LogP contribution < -0.4 is 0 Å². The van der Waals surface area contributed by atoms with Crippen molar-refractivity contribution in [1.82, 2.24) is 0 Å². The fourth-order valence-corrected chi connectivity index (χ4v) is 0.418. The number of nitrogens with one attached hydrogen (secondary N) is 1. The quantitative estimate of drug-likeness (QED) is 0.491. The molecule has 0 amide bonds. The fraction of sp³-hybridized carbons (Fsp3) is 0.167. The van der Waals surface area contributed by atoms with Gasteiger partial charge >= 0.3 is 0 Å². The van der Waals surface area contributed by atoms with Gasteiger partial charge in [0.2, 0.25) is 0 Å². The van der Waals surface area contributed by atoms with Gasteiger partial charge in [-0.25, -0.2) is 0 Å². The molecule has 0 aromatic rings. The zero-order valence-electron chi connectivity index (χ0n) is 4.69. The molecule has 0 saturated carbocycles. The first-order valence-corrected chi connectivity index (χ1v) is 3.17. The molecular weight excluding hydrogens is 166 g/mol. The Hall–Kier alpha value is -0.370. The summed E-state index contributed by atoms with van der Waals surface area (Å²) >= 11 is 3.10. The fourth-order valence-electron chi connectivity index (χ4n) is 0.242. The summed E-state index contributed by atoms with van der Waals surface area (Å²) in [6.07, 6.45) is 5.34. The van der Waals surface area contributed by atoms with Crippen LogP contribution in [-0.2, 0) is 0 Å². The summed E-state index contributed by atoms with van der Waals surface area (Å²) in [6, 6.07) is 0. The first-order valence-electron chi connectivity index (χ1n) is 2.26. The number of halogens is 1. The molecule has 0 spiro atoms. The molecule has 1 nitrogen and oxygen atoms in total. The molecule has 44 valence electrons. The van der Waals surface area contributed by atoms with Crippen LogP contribution in [0.4, 0.5) is 0 Å². The van der Waals surface area contributed by atoms with E-state index in [2.05, 4.69) is 15.9 Å². The molecule has 0 aliphatic carbocycles. The van der Waals surface area contributed by atoms with Crippen LogP contribution in [0.2, 0.25) is 0 Å². The summed E-state index contributed by atoms with van der Waals surface area (Å²) in [5, 5.41) is 6.94. The second-order valence-corrected chi connectivity index (χ2v) is 1.89. The molecule has 1 N–H and O–H groups in total. The van der Waals surface area contributed by atoms with E-state index in [1.165, 1.54) is 0 Å². The van der Waals surface area contributed by atoms with Gasteiger partial charge in [-0.1, -0.05) is 28.1 Å². The van der Waals surface area contributed by atoms with Crippen molar-refractivity contribution in [1.29, 1.82) is 5.41 Å². The van der Waals surface area contributed by atoms with Crippen LogP contribution in [0.1, 0.15) is 6.92 Å². The molecule has 0 saturated heterocycles. The molecule has 0 fully saturated rings. The highest BCUT2D eigenvalue weighted by Gasteiger charge is 1.69. The van der Waals surface area contributed by atoms with Gasteiger partial charge < -0.3 is 5.41 Å². The van der Waals surface area contributed by atoms with Gasteiger partial charge in [-0.15, -0.1) is 0 Å². The Morgan fingerprint density at radius 3 is 2.50 bits per heavy atom. The average molecular weight is 174 g/mol. The van der Waals surface area contributed by atoms with E-state index in [1.54, 1.807) is 24.1 Å². The highest BCUT2D eigenvalue weighted by atomic mass is 79.9. The van der Waals surface area contributed by atoms with Crippen LogP contribution in [0.3, 0.4) is 0 Å². The lowest BCUT2D eigenvalue weighted by Crippen LogP contribution is -1.74. The van der Waals surface area contributed by atoms with E-state index >= 15 is 0 Å². The minimum absolute atomic E-state index is 0.565. The maximum atomic E-state index is 6.94. The molecule has 0 rings (SSSR count). The molecule has 2 heteroatoms. The van der Waals surface area contributed by atoms with Crippen molar-refractivity contribution < 1.29 is 0 Å². The molecule has 0 unspecified atom stereocenters. The maximum absolute atomic E-state index is 6.94. The average Bonchev–Trinajstić information content (AvgIpc) is 1.66. The minimum atomic E-state index is 0.565. The Morgan fingerprint density at radius 2 is 2.12 bits per heavy atom. The van der Waals surface area contributed by atoms with E-state index in [0.29, 0.717) is 5.71 Å². The predicted molar refractivity (Wildman–Crippen MR) is 40.6 cm³/mol. The van der Waals surface area contributed by atoms with E-state index in [4.69, 9.17) is 5.41 Å². The molecule has 0 aliphatic rings. The Labute approximate surface area is 57.7 Å². The second-order valence-electron chi connectivity index (χ2n) is 1.36. The smallest absolute Gasteiger partial charge is 0.0282 e. The second kappa shape index (κ2) is 4.78. The van der Waals surface area contributed by atoms with Crippen LogP contribution in [0.25, 0.3) is 0 Å². The summed E-state index contributed by atoms with van der Waals surface area (Å²) in [7, 11) is 0. The van der Waals surface area contributed by atoms with Gasteiger partial charge in [0.25, 0.3) is 0 Å². The maximum Gasteiger partial charge on any atom is 0.0282 e. The molecular formula is C6H8BrN. The van der Waals surface area contributed by atoms with E-state index in [0.717, 1.165) is 0 Å². The lowest BCUT2D eigenvalue weighted by molar-refractivity contribution is 1.50. The SMILES string of the molecule is CC(=N)/C=C\C=C\Br. The molecule has 0 bridgehead atoms. The summed E-state index contributed by atoms with van der Waals surface area (Å²) < 4.78 is 0. The normalized spacial score (nSPS) is 11.2. The van der Waals surface area contributed by atoms with Gasteiger partial charge in [0.1, 0.15) is 0 Å². The third-order valence-electron chi connectivity index (χ3n) is 0.530. The largest absolute Gasteiger partial charge is 0.306 e. The number of hydrogen-bond donors (Lipinski definition) is 1. The molecule has 0 aromatic heterocycles. The van der Waals surface area contributed by atoms with Gasteiger partial charge in [0.15, 0.2) is 0 Å². The predicted octanol–water partition coefficient (Wildman–Crippen LogP) is 2.49. The third kappa shape index (κ3) is 5.63. The lowest BCUT2D eigenvalue weighted by Gasteiger charge is -1.75. The topological polar surface area (TPSA) is 23.9 Å². The Bertz CT molecular complexity index is 124. The van der Waals surface area contributed by atoms with Crippen molar-refractivity contribution >= 4 is 21.6 Å². The summed E-state index contributed by atoms with van der Waals surface area (Å²) in [6.45, 7) is 1.73. The zero-order valence-corrected chi connectivity index (χ0v) is 6.27. The van der Waals surface area contributed by atoms with Crippen molar-refractivity contribution in [2.24, 2.45) is 0 Å². The molecule has 0 heterocycles. The Morgan fingerprint density at radius 1 is 1.50 bits per heavy atom.